The quantitative estimate of drug-likeness (QED) is 0.859. The molecule has 4 rings (SSSR count). The van der Waals surface area contributed by atoms with E-state index in [0.29, 0.717) is 12.1 Å². The third-order valence-corrected chi connectivity index (χ3v) is 6.48. The second-order valence-corrected chi connectivity index (χ2v) is 8.00. The maximum atomic E-state index is 5.47. The van der Waals surface area contributed by atoms with Gasteiger partial charge in [-0.2, -0.15) is 0 Å². The van der Waals surface area contributed by atoms with Crippen molar-refractivity contribution in [1.29, 1.82) is 0 Å². The van der Waals surface area contributed by atoms with Gasteiger partial charge in [-0.15, -0.1) is 0 Å². The average molecular weight is 344 g/mol. The van der Waals surface area contributed by atoms with Crippen molar-refractivity contribution < 1.29 is 4.74 Å². The first-order valence-electron chi connectivity index (χ1n) is 10.2. The summed E-state index contributed by atoms with van der Waals surface area (Å²) in [7, 11) is 1.76. The highest BCUT2D eigenvalue weighted by molar-refractivity contribution is 5.31. The Morgan fingerprint density at radius 2 is 2.00 bits per heavy atom. The van der Waals surface area contributed by atoms with Crippen LogP contribution in [0.4, 0.5) is 0 Å². The van der Waals surface area contributed by atoms with E-state index in [1.807, 2.05) is 6.07 Å². The number of hydrogen-bond acceptors (Lipinski definition) is 4. The molecule has 0 spiro atoms. The standard InChI is InChI=1S/C21H33N3O/c1-25-20-8-4-6-17(14-20)21(24-10-2-3-11-24)16-22-18-9-13-23-12-5-7-19(23)15-18/h4,6,8,14,18-19,21-22H,2-3,5,7,9-13,15-16H2,1H3. The van der Waals surface area contributed by atoms with Crippen molar-refractivity contribution >= 4 is 0 Å². The summed E-state index contributed by atoms with van der Waals surface area (Å²) < 4.78 is 5.47. The second kappa shape index (κ2) is 8.07. The average Bonchev–Trinajstić information content (AvgIpc) is 3.33. The van der Waals surface area contributed by atoms with Gasteiger partial charge < -0.3 is 15.0 Å². The molecule has 0 radical (unpaired) electrons. The zero-order chi connectivity index (χ0) is 17.1. The monoisotopic (exact) mass is 343 g/mol. The van der Waals surface area contributed by atoms with E-state index in [-0.39, 0.29) is 0 Å². The minimum absolute atomic E-state index is 0.471. The van der Waals surface area contributed by atoms with Crippen LogP contribution < -0.4 is 10.1 Å². The van der Waals surface area contributed by atoms with E-state index in [4.69, 9.17) is 4.74 Å². The largest absolute Gasteiger partial charge is 0.497 e. The van der Waals surface area contributed by atoms with Gasteiger partial charge in [0.25, 0.3) is 0 Å². The molecule has 25 heavy (non-hydrogen) atoms. The van der Waals surface area contributed by atoms with Crippen LogP contribution in [0.25, 0.3) is 0 Å². The van der Waals surface area contributed by atoms with Gasteiger partial charge in [-0.1, -0.05) is 12.1 Å². The first kappa shape index (κ1) is 17.3. The van der Waals surface area contributed by atoms with Crippen LogP contribution in [0.5, 0.6) is 5.75 Å². The number of benzene rings is 1. The third-order valence-electron chi connectivity index (χ3n) is 6.48. The van der Waals surface area contributed by atoms with E-state index in [9.17, 15) is 0 Å². The van der Waals surface area contributed by atoms with Crippen molar-refractivity contribution in [1.82, 2.24) is 15.1 Å². The molecule has 0 aromatic heterocycles. The van der Waals surface area contributed by atoms with Crippen LogP contribution in [-0.4, -0.2) is 61.7 Å². The zero-order valence-corrected chi connectivity index (χ0v) is 15.6. The summed E-state index contributed by atoms with van der Waals surface area (Å²) in [5, 5.41) is 3.94. The Morgan fingerprint density at radius 1 is 1.12 bits per heavy atom. The Morgan fingerprint density at radius 3 is 2.84 bits per heavy atom. The van der Waals surface area contributed by atoms with Gasteiger partial charge in [0.15, 0.2) is 0 Å². The Kier molecular flexibility index (Phi) is 5.59. The molecule has 3 fully saturated rings. The van der Waals surface area contributed by atoms with E-state index in [1.54, 1.807) is 7.11 Å². The molecule has 1 aromatic rings. The van der Waals surface area contributed by atoms with Crippen LogP contribution in [0.2, 0.25) is 0 Å². The minimum Gasteiger partial charge on any atom is -0.497 e. The number of methoxy groups -OCH3 is 1. The van der Waals surface area contributed by atoms with Gasteiger partial charge in [0.2, 0.25) is 0 Å². The van der Waals surface area contributed by atoms with Crippen molar-refractivity contribution in [3.63, 3.8) is 0 Å². The molecule has 138 valence electrons. The summed E-state index contributed by atoms with van der Waals surface area (Å²) in [6, 6.07) is 10.7. The molecule has 3 aliphatic rings. The lowest BCUT2D eigenvalue weighted by Crippen LogP contribution is -2.47. The summed E-state index contributed by atoms with van der Waals surface area (Å²) in [5.74, 6) is 0.973. The van der Waals surface area contributed by atoms with Gasteiger partial charge in [-0.05, 0) is 82.4 Å². The zero-order valence-electron chi connectivity index (χ0n) is 15.6. The van der Waals surface area contributed by atoms with E-state index < -0.39 is 0 Å². The SMILES string of the molecule is COc1cccc(C(CNC2CCN3CCCC3C2)N2CCCC2)c1. The molecule has 4 heteroatoms. The smallest absolute Gasteiger partial charge is 0.119 e. The number of likely N-dealkylation sites (tertiary alicyclic amines) is 1. The number of fused-ring (bicyclic) bond motifs is 1. The maximum absolute atomic E-state index is 5.47. The number of rotatable bonds is 6. The van der Waals surface area contributed by atoms with E-state index >= 15 is 0 Å². The Bertz CT molecular complexity index is 558. The number of ether oxygens (including phenoxy) is 1. The molecule has 3 aliphatic heterocycles. The molecule has 3 unspecified atom stereocenters. The van der Waals surface area contributed by atoms with Gasteiger partial charge in [-0.25, -0.2) is 0 Å². The first-order valence-corrected chi connectivity index (χ1v) is 10.2. The molecule has 3 heterocycles. The Labute approximate surface area is 152 Å². The lowest BCUT2D eigenvalue weighted by Gasteiger charge is -2.37. The minimum atomic E-state index is 0.471. The lowest BCUT2D eigenvalue weighted by molar-refractivity contribution is 0.157. The normalized spacial score (nSPS) is 28.8. The van der Waals surface area contributed by atoms with E-state index in [2.05, 4.69) is 33.3 Å². The number of nitrogens with one attached hydrogen (secondary N) is 1. The van der Waals surface area contributed by atoms with E-state index in [0.717, 1.165) is 18.3 Å². The summed E-state index contributed by atoms with van der Waals surface area (Å²) in [4.78, 5) is 5.37. The molecule has 0 bridgehead atoms. The molecule has 4 nitrogen and oxygen atoms in total. The molecule has 3 saturated heterocycles. The van der Waals surface area contributed by atoms with Crippen molar-refractivity contribution in [3.8, 4) is 5.75 Å². The summed E-state index contributed by atoms with van der Waals surface area (Å²) in [6.07, 6.45) is 8.12. The maximum Gasteiger partial charge on any atom is 0.119 e. The first-order chi connectivity index (χ1) is 12.3. The molecule has 3 atom stereocenters. The van der Waals surface area contributed by atoms with Gasteiger partial charge in [0.1, 0.15) is 5.75 Å². The van der Waals surface area contributed by atoms with Crippen LogP contribution in [0.15, 0.2) is 24.3 Å². The second-order valence-electron chi connectivity index (χ2n) is 8.00. The van der Waals surface area contributed by atoms with Crippen LogP contribution in [0.3, 0.4) is 0 Å². The summed E-state index contributed by atoms with van der Waals surface area (Å²) in [5.41, 5.74) is 1.40. The van der Waals surface area contributed by atoms with Crippen LogP contribution in [0.1, 0.15) is 50.1 Å². The molecule has 0 amide bonds. The highest BCUT2D eigenvalue weighted by Gasteiger charge is 2.32. The lowest BCUT2D eigenvalue weighted by atomic mass is 9.96. The van der Waals surface area contributed by atoms with Crippen LogP contribution in [-0.2, 0) is 0 Å². The molecular weight excluding hydrogens is 310 g/mol. The fourth-order valence-corrected chi connectivity index (χ4v) is 5.05. The van der Waals surface area contributed by atoms with Crippen molar-refractivity contribution in [2.45, 2.75) is 56.7 Å². The molecule has 0 aliphatic carbocycles. The van der Waals surface area contributed by atoms with Gasteiger partial charge in [0, 0.05) is 24.7 Å². The predicted molar refractivity (Wildman–Crippen MR) is 102 cm³/mol. The Balaban J connectivity index is 1.41. The van der Waals surface area contributed by atoms with Crippen LogP contribution >= 0.6 is 0 Å². The van der Waals surface area contributed by atoms with Crippen molar-refractivity contribution in [2.24, 2.45) is 0 Å². The Hall–Kier alpha value is -1.10. The molecule has 1 N–H and O–H groups in total. The highest BCUT2D eigenvalue weighted by atomic mass is 16.5. The van der Waals surface area contributed by atoms with Gasteiger partial charge >= 0.3 is 0 Å². The van der Waals surface area contributed by atoms with Crippen LogP contribution in [0, 0.1) is 0 Å². The van der Waals surface area contributed by atoms with Crippen molar-refractivity contribution in [3.05, 3.63) is 29.8 Å². The number of hydrogen-bond donors (Lipinski definition) is 1. The van der Waals surface area contributed by atoms with Crippen molar-refractivity contribution in [2.75, 3.05) is 39.8 Å². The fourth-order valence-electron chi connectivity index (χ4n) is 5.05. The topological polar surface area (TPSA) is 27.7 Å². The highest BCUT2D eigenvalue weighted by Crippen LogP contribution is 2.29. The summed E-state index contributed by atoms with van der Waals surface area (Å²) >= 11 is 0. The predicted octanol–water partition coefficient (Wildman–Crippen LogP) is 3.05. The molecule has 0 saturated carbocycles. The fraction of sp³-hybridized carbons (Fsp3) is 0.714. The third kappa shape index (κ3) is 4.02. The molecular formula is C21H33N3O. The number of nitrogens with zero attached hydrogens (tertiary/aromatic N) is 2. The summed E-state index contributed by atoms with van der Waals surface area (Å²) in [6.45, 7) is 6.13. The van der Waals surface area contributed by atoms with E-state index in [1.165, 1.54) is 70.3 Å². The number of piperidine rings is 1. The molecule has 1 aromatic carbocycles. The van der Waals surface area contributed by atoms with Gasteiger partial charge in [0.05, 0.1) is 7.11 Å². The van der Waals surface area contributed by atoms with Gasteiger partial charge in [-0.3, -0.25) is 4.90 Å².